The Bertz CT molecular complexity index is 1790. The lowest BCUT2D eigenvalue weighted by atomic mass is 10.0. The predicted molar refractivity (Wildman–Crippen MR) is 155 cm³/mol. The molecule has 0 saturated carbocycles. The Kier molecular flexibility index (Phi) is 7.26. The quantitative estimate of drug-likeness (QED) is 0.304. The largest absolute Gasteiger partial charge is 0.494 e. The normalized spacial score (nSPS) is 13.6. The van der Waals surface area contributed by atoms with Gasteiger partial charge in [-0.2, -0.15) is 0 Å². The van der Waals surface area contributed by atoms with Crippen LogP contribution in [0.2, 0.25) is 0 Å². The van der Waals surface area contributed by atoms with Crippen molar-refractivity contribution in [3.05, 3.63) is 96.6 Å². The number of anilines is 3. The predicted octanol–water partition coefficient (Wildman–Crippen LogP) is 5.01. The first-order valence-electron chi connectivity index (χ1n) is 12.5. The van der Waals surface area contributed by atoms with Crippen LogP contribution in [0.15, 0.2) is 101 Å². The van der Waals surface area contributed by atoms with Crippen LogP contribution in [0.25, 0.3) is 11.1 Å². The highest BCUT2D eigenvalue weighted by atomic mass is 32.2. The van der Waals surface area contributed by atoms with E-state index in [9.17, 15) is 21.6 Å². The van der Waals surface area contributed by atoms with Gasteiger partial charge in [-0.25, -0.2) is 16.8 Å². The van der Waals surface area contributed by atoms with Crippen LogP contribution in [0.4, 0.5) is 17.1 Å². The molecule has 1 aliphatic rings. The average Bonchev–Trinajstić information content (AvgIpc) is 2.93. The molecule has 40 heavy (non-hydrogen) atoms. The monoisotopic (exact) mass is 577 g/mol. The van der Waals surface area contributed by atoms with Crippen LogP contribution < -0.4 is 19.1 Å². The fourth-order valence-electron chi connectivity index (χ4n) is 4.46. The summed E-state index contributed by atoms with van der Waals surface area (Å²) in [4.78, 5) is 13.1. The van der Waals surface area contributed by atoms with Crippen LogP contribution in [-0.4, -0.2) is 35.9 Å². The molecule has 0 bridgehead atoms. The maximum absolute atomic E-state index is 13.5. The van der Waals surface area contributed by atoms with Gasteiger partial charge in [0, 0.05) is 22.5 Å². The van der Waals surface area contributed by atoms with Gasteiger partial charge < -0.3 is 10.1 Å². The van der Waals surface area contributed by atoms with Crippen molar-refractivity contribution in [3.63, 3.8) is 0 Å². The topological polar surface area (TPSA) is 122 Å². The fourth-order valence-corrected chi connectivity index (χ4v) is 7.17. The molecule has 0 aromatic heterocycles. The first-order valence-corrected chi connectivity index (χ1v) is 15.4. The minimum absolute atomic E-state index is 0.00102. The number of amides is 1. The summed E-state index contributed by atoms with van der Waals surface area (Å²) in [5.41, 5.74) is 3.40. The highest BCUT2D eigenvalue weighted by Crippen LogP contribution is 2.43. The Labute approximate surface area is 233 Å². The van der Waals surface area contributed by atoms with Crippen molar-refractivity contribution in [2.45, 2.75) is 23.6 Å². The molecule has 0 atom stereocenters. The van der Waals surface area contributed by atoms with E-state index < -0.39 is 32.5 Å². The zero-order valence-corrected chi connectivity index (χ0v) is 23.4. The number of fused-ring (bicyclic) bond motifs is 3. The first kappa shape index (κ1) is 27.2. The molecule has 0 fully saturated rings. The lowest BCUT2D eigenvalue weighted by Gasteiger charge is -2.31. The SMILES string of the molecule is CCOc1ccc(NS(=O)(=O)c2ccc(NC(=O)CN3c4ccc(C)cc4-c4ccccc4S3(=O)=O)cc2)cc1. The Morgan fingerprint density at radius 2 is 1.55 bits per heavy atom. The number of rotatable bonds is 8. The lowest BCUT2D eigenvalue weighted by molar-refractivity contribution is -0.114. The second kappa shape index (κ2) is 10.7. The molecular weight excluding hydrogens is 550 g/mol. The zero-order valence-electron chi connectivity index (χ0n) is 21.8. The van der Waals surface area contributed by atoms with E-state index in [0.29, 0.717) is 35.0 Å². The third-order valence-corrected chi connectivity index (χ3v) is 9.53. The van der Waals surface area contributed by atoms with E-state index in [1.54, 1.807) is 54.6 Å². The van der Waals surface area contributed by atoms with Gasteiger partial charge in [0.25, 0.3) is 20.0 Å². The van der Waals surface area contributed by atoms with Gasteiger partial charge in [-0.05, 0) is 80.6 Å². The van der Waals surface area contributed by atoms with E-state index >= 15 is 0 Å². The fraction of sp³-hybridized carbons (Fsp3) is 0.138. The summed E-state index contributed by atoms with van der Waals surface area (Å²) in [7, 11) is -7.86. The highest BCUT2D eigenvalue weighted by molar-refractivity contribution is 7.93. The van der Waals surface area contributed by atoms with E-state index in [4.69, 9.17) is 4.74 Å². The Morgan fingerprint density at radius 3 is 2.25 bits per heavy atom. The number of benzene rings is 4. The van der Waals surface area contributed by atoms with E-state index in [1.807, 2.05) is 19.9 Å². The van der Waals surface area contributed by atoms with Crippen molar-refractivity contribution in [1.29, 1.82) is 0 Å². The van der Waals surface area contributed by atoms with E-state index in [1.165, 1.54) is 30.3 Å². The van der Waals surface area contributed by atoms with Gasteiger partial charge in [-0.15, -0.1) is 0 Å². The van der Waals surface area contributed by atoms with Crippen molar-refractivity contribution >= 4 is 43.0 Å². The zero-order chi connectivity index (χ0) is 28.5. The minimum Gasteiger partial charge on any atom is -0.494 e. The molecule has 0 spiro atoms. The molecule has 1 amide bonds. The summed E-state index contributed by atoms with van der Waals surface area (Å²) in [6.45, 7) is 3.83. The van der Waals surface area contributed by atoms with E-state index in [2.05, 4.69) is 10.0 Å². The molecule has 9 nitrogen and oxygen atoms in total. The lowest BCUT2D eigenvalue weighted by Crippen LogP contribution is -2.40. The Balaban J connectivity index is 1.31. The Hall–Kier alpha value is -4.35. The molecule has 2 N–H and O–H groups in total. The van der Waals surface area contributed by atoms with Gasteiger partial charge in [-0.1, -0.05) is 29.8 Å². The number of nitrogens with zero attached hydrogens (tertiary/aromatic N) is 1. The van der Waals surface area contributed by atoms with Crippen molar-refractivity contribution in [1.82, 2.24) is 0 Å². The van der Waals surface area contributed by atoms with Crippen molar-refractivity contribution in [2.75, 3.05) is 27.5 Å². The molecule has 0 aliphatic carbocycles. The molecule has 11 heteroatoms. The van der Waals surface area contributed by atoms with Crippen molar-refractivity contribution in [2.24, 2.45) is 0 Å². The molecule has 0 radical (unpaired) electrons. The molecule has 0 unspecified atom stereocenters. The van der Waals surface area contributed by atoms with Crippen LogP contribution in [0.5, 0.6) is 5.75 Å². The molecule has 1 aliphatic heterocycles. The summed E-state index contributed by atoms with van der Waals surface area (Å²) in [6, 6.07) is 24.3. The highest BCUT2D eigenvalue weighted by Gasteiger charge is 2.35. The van der Waals surface area contributed by atoms with Gasteiger partial charge in [-0.3, -0.25) is 13.8 Å². The Morgan fingerprint density at radius 1 is 0.875 bits per heavy atom. The molecule has 5 rings (SSSR count). The first-order chi connectivity index (χ1) is 19.1. The van der Waals surface area contributed by atoms with Crippen LogP contribution in [0.1, 0.15) is 12.5 Å². The number of nitrogens with one attached hydrogen (secondary N) is 2. The second-order valence-corrected chi connectivity index (χ2v) is 12.7. The molecular formula is C29H27N3O6S2. The van der Waals surface area contributed by atoms with Crippen molar-refractivity contribution in [3.8, 4) is 16.9 Å². The molecule has 4 aromatic carbocycles. The van der Waals surface area contributed by atoms with Crippen LogP contribution in [0.3, 0.4) is 0 Å². The second-order valence-electron chi connectivity index (χ2n) is 9.16. The maximum Gasteiger partial charge on any atom is 0.265 e. The summed E-state index contributed by atoms with van der Waals surface area (Å²) in [5, 5.41) is 2.67. The van der Waals surface area contributed by atoms with Gasteiger partial charge in [0.05, 0.1) is 22.1 Å². The third kappa shape index (κ3) is 5.38. The summed E-state index contributed by atoms with van der Waals surface area (Å²) in [5.74, 6) is 0.0586. The summed E-state index contributed by atoms with van der Waals surface area (Å²) < 4.78 is 61.5. The van der Waals surface area contributed by atoms with Gasteiger partial charge in [0.15, 0.2) is 0 Å². The third-order valence-electron chi connectivity index (χ3n) is 6.32. The van der Waals surface area contributed by atoms with Gasteiger partial charge >= 0.3 is 0 Å². The van der Waals surface area contributed by atoms with Crippen LogP contribution in [0, 0.1) is 6.92 Å². The summed E-state index contributed by atoms with van der Waals surface area (Å²) >= 11 is 0. The number of ether oxygens (including phenoxy) is 1. The van der Waals surface area contributed by atoms with E-state index in [-0.39, 0.29) is 9.79 Å². The van der Waals surface area contributed by atoms with Crippen molar-refractivity contribution < 1.29 is 26.4 Å². The molecule has 0 saturated heterocycles. The summed E-state index contributed by atoms with van der Waals surface area (Å²) in [6.07, 6.45) is 0. The molecule has 206 valence electrons. The number of hydrogen-bond donors (Lipinski definition) is 2. The van der Waals surface area contributed by atoms with E-state index in [0.717, 1.165) is 15.4 Å². The van der Waals surface area contributed by atoms with Crippen LogP contribution >= 0.6 is 0 Å². The molecule has 4 aromatic rings. The maximum atomic E-state index is 13.5. The number of carbonyl (C=O) groups is 1. The van der Waals surface area contributed by atoms with Gasteiger partial charge in [0.1, 0.15) is 12.3 Å². The smallest absolute Gasteiger partial charge is 0.265 e. The number of sulfonamides is 2. The number of hydrogen-bond acceptors (Lipinski definition) is 6. The molecule has 1 heterocycles. The van der Waals surface area contributed by atoms with Gasteiger partial charge in [0.2, 0.25) is 5.91 Å². The average molecular weight is 578 g/mol. The minimum atomic E-state index is -3.98. The standard InChI is InChI=1S/C29H27N3O6S2/c1-3-38-23-13-9-22(10-14-23)31-39(34,35)24-15-11-21(12-16-24)30-29(33)19-32-27-17-8-20(2)18-26(27)25-6-4-5-7-28(25)40(32,36)37/h4-18,31H,3,19H2,1-2H3,(H,30,33). The van der Waals surface area contributed by atoms with Crippen LogP contribution in [-0.2, 0) is 24.8 Å². The number of aryl methyl sites for hydroxylation is 1. The number of carbonyl (C=O) groups excluding carboxylic acids is 1.